The van der Waals surface area contributed by atoms with Crippen LogP contribution in [0.1, 0.15) is 30.0 Å². The van der Waals surface area contributed by atoms with Gasteiger partial charge in [-0.05, 0) is 0 Å². The van der Waals surface area contributed by atoms with Gasteiger partial charge in [0.05, 0.1) is 12.1 Å². The van der Waals surface area contributed by atoms with E-state index in [1.165, 1.54) is 7.05 Å². The summed E-state index contributed by atoms with van der Waals surface area (Å²) in [6, 6.07) is 0. The molecule has 1 fully saturated rings. The van der Waals surface area contributed by atoms with Gasteiger partial charge < -0.3 is 4.74 Å². The molecule has 1 saturated carbocycles. The smallest absolute Gasteiger partial charge is 0.413 e. The second-order valence-corrected chi connectivity index (χ2v) is 5.70. The molecule has 0 bridgehead atoms. The predicted octanol–water partition coefficient (Wildman–Crippen LogP) is 3.85. The van der Waals surface area contributed by atoms with Crippen molar-refractivity contribution in [2.45, 2.75) is 43.7 Å². The van der Waals surface area contributed by atoms with Crippen LogP contribution in [0.25, 0.3) is 0 Å². The molecule has 0 atom stereocenters. The first-order valence-electron chi connectivity index (χ1n) is 7.10. The molecule has 0 aromatic carbocycles. The average Bonchev–Trinajstić information content (AvgIpc) is 2.69. The molecule has 5 nitrogen and oxygen atoms in total. The van der Waals surface area contributed by atoms with Crippen LogP contribution in [0.2, 0.25) is 0 Å². The number of hydrogen-bond acceptors (Lipinski definition) is 3. The Labute approximate surface area is 137 Å². The number of hydrogen-bond donors (Lipinski definition) is 1. The lowest BCUT2D eigenvalue weighted by Crippen LogP contribution is -2.34. The van der Waals surface area contributed by atoms with Crippen LogP contribution in [0.4, 0.5) is 41.3 Å². The number of ether oxygens (including phenoxy) is 1. The quantitative estimate of drug-likeness (QED) is 0.793. The molecule has 0 aliphatic heterocycles. The van der Waals surface area contributed by atoms with E-state index in [4.69, 9.17) is 0 Å². The molecule has 1 aromatic heterocycles. The molecule has 0 radical (unpaired) electrons. The first-order chi connectivity index (χ1) is 11.4. The fourth-order valence-electron chi connectivity index (χ4n) is 2.57. The molecule has 142 valence electrons. The zero-order chi connectivity index (χ0) is 19.0. The number of aromatic nitrogens is 2. The zero-order valence-corrected chi connectivity index (χ0v) is 12.8. The van der Waals surface area contributed by atoms with Crippen molar-refractivity contribution in [2.75, 3.05) is 11.9 Å². The molecule has 1 aromatic rings. The van der Waals surface area contributed by atoms with E-state index < -0.39 is 67.8 Å². The third kappa shape index (κ3) is 4.98. The maximum Gasteiger partial charge on any atom is 0.413 e. The van der Waals surface area contributed by atoms with Gasteiger partial charge >= 0.3 is 12.3 Å². The number of carbonyl (C=O) groups excluding carboxylic acids is 1. The third-order valence-corrected chi connectivity index (χ3v) is 3.59. The predicted molar refractivity (Wildman–Crippen MR) is 70.9 cm³/mol. The Balaban J connectivity index is 2.25. The average molecular weight is 377 g/mol. The summed E-state index contributed by atoms with van der Waals surface area (Å²) < 4.78 is 93.5. The van der Waals surface area contributed by atoms with Crippen LogP contribution in [0.15, 0.2) is 0 Å². The van der Waals surface area contributed by atoms with Crippen LogP contribution in [0.3, 0.4) is 0 Å². The highest BCUT2D eigenvalue weighted by atomic mass is 19.4. The Morgan fingerprint density at radius 2 is 2.00 bits per heavy atom. The molecular weight excluding hydrogens is 363 g/mol. The number of anilines is 1. The van der Waals surface area contributed by atoms with E-state index >= 15 is 0 Å². The molecule has 25 heavy (non-hydrogen) atoms. The van der Waals surface area contributed by atoms with Crippen molar-refractivity contribution < 1.29 is 40.3 Å². The van der Waals surface area contributed by atoms with Crippen molar-refractivity contribution in [3.63, 3.8) is 0 Å². The number of carbonyl (C=O) groups is 1. The molecule has 0 unspecified atom stereocenters. The fourth-order valence-corrected chi connectivity index (χ4v) is 2.57. The van der Waals surface area contributed by atoms with E-state index in [0.717, 1.165) is 4.68 Å². The van der Waals surface area contributed by atoms with Crippen LogP contribution in [0, 0.1) is 0 Å². The Morgan fingerprint density at radius 1 is 1.40 bits per heavy atom. The summed E-state index contributed by atoms with van der Waals surface area (Å²) in [6.45, 7) is -1.24. The van der Waals surface area contributed by atoms with Gasteiger partial charge in [-0.25, -0.2) is 22.4 Å². The molecule has 0 saturated heterocycles. The lowest BCUT2D eigenvalue weighted by molar-refractivity contribution is -0.127. The van der Waals surface area contributed by atoms with Crippen LogP contribution in [0.5, 0.6) is 0 Å². The van der Waals surface area contributed by atoms with Gasteiger partial charge in [-0.2, -0.15) is 18.3 Å². The number of nitrogens with zero attached hydrogens (tertiary/aromatic N) is 2. The van der Waals surface area contributed by atoms with E-state index in [0.29, 0.717) is 0 Å². The highest BCUT2D eigenvalue weighted by Crippen LogP contribution is 2.50. The molecule has 12 heteroatoms. The van der Waals surface area contributed by atoms with E-state index in [1.807, 2.05) is 5.32 Å². The van der Waals surface area contributed by atoms with Crippen molar-refractivity contribution in [3.05, 3.63) is 11.3 Å². The van der Waals surface area contributed by atoms with E-state index in [9.17, 15) is 35.5 Å². The minimum atomic E-state index is -4.69. The van der Waals surface area contributed by atoms with Crippen molar-refractivity contribution in [3.8, 4) is 0 Å². The maximum atomic E-state index is 13.0. The van der Waals surface area contributed by atoms with Gasteiger partial charge in [-0.15, -0.1) is 0 Å². The Kier molecular flexibility index (Phi) is 5.19. The van der Waals surface area contributed by atoms with Gasteiger partial charge in [0, 0.05) is 31.4 Å². The summed E-state index contributed by atoms with van der Waals surface area (Å²) in [5.41, 5.74) is -0.681. The maximum absolute atomic E-state index is 13.0. The van der Waals surface area contributed by atoms with Crippen LogP contribution in [-0.2, 0) is 18.2 Å². The number of halogens is 7. The lowest BCUT2D eigenvalue weighted by Gasteiger charge is -2.34. The summed E-state index contributed by atoms with van der Waals surface area (Å²) >= 11 is 0. The summed E-state index contributed by atoms with van der Waals surface area (Å²) in [5.74, 6) is -4.28. The Bertz CT molecular complexity index is 634. The van der Waals surface area contributed by atoms with E-state index in [-0.39, 0.29) is 5.69 Å². The number of amides is 1. The number of aryl methyl sites for hydroxylation is 1. The summed E-state index contributed by atoms with van der Waals surface area (Å²) in [5, 5.41) is 5.71. The van der Waals surface area contributed by atoms with Crippen molar-refractivity contribution in [2.24, 2.45) is 7.05 Å². The van der Waals surface area contributed by atoms with Crippen molar-refractivity contribution in [1.82, 2.24) is 9.78 Å². The summed E-state index contributed by atoms with van der Waals surface area (Å²) in [4.78, 5) is 11.4. The zero-order valence-electron chi connectivity index (χ0n) is 12.8. The highest BCUT2D eigenvalue weighted by Gasteiger charge is 2.49. The first-order valence-corrected chi connectivity index (χ1v) is 7.10. The van der Waals surface area contributed by atoms with Gasteiger partial charge in [0.15, 0.2) is 6.61 Å². The first kappa shape index (κ1) is 19.3. The number of rotatable bonds is 5. The lowest BCUT2D eigenvalue weighted by atomic mass is 9.77. The second kappa shape index (κ2) is 6.71. The van der Waals surface area contributed by atoms with Gasteiger partial charge in [0.1, 0.15) is 5.82 Å². The highest BCUT2D eigenvalue weighted by molar-refractivity contribution is 5.84. The number of alkyl halides is 7. The van der Waals surface area contributed by atoms with Crippen molar-refractivity contribution in [1.29, 1.82) is 0 Å². The minimum Gasteiger partial charge on any atom is -0.443 e. The Morgan fingerprint density at radius 3 is 2.48 bits per heavy atom. The molecule has 1 heterocycles. The molecule has 1 amide bonds. The standard InChI is InChI=1S/C13H14F7N3O2/c1-23-10(21-11(24)25-5-8(14)15)7(4-13(18,19)20)9(22-23)6-2-12(16,17)3-6/h6,8H,2-5H2,1H3,(H,21,24). The normalized spacial score (nSPS) is 17.5. The minimum absolute atomic E-state index is 0.199. The molecule has 1 N–H and O–H groups in total. The number of nitrogens with one attached hydrogen (secondary N) is 1. The van der Waals surface area contributed by atoms with E-state index in [2.05, 4.69) is 9.84 Å². The summed E-state index contributed by atoms with van der Waals surface area (Å²) in [6.07, 6.45) is -11.8. The largest absolute Gasteiger partial charge is 0.443 e. The SMILES string of the molecule is Cn1nc(C2CC(F)(F)C2)c(CC(F)(F)F)c1NC(=O)OCC(F)F. The van der Waals surface area contributed by atoms with Gasteiger partial charge in [-0.1, -0.05) is 0 Å². The van der Waals surface area contributed by atoms with Crippen LogP contribution >= 0.6 is 0 Å². The fraction of sp³-hybridized carbons (Fsp3) is 0.692. The van der Waals surface area contributed by atoms with E-state index in [1.54, 1.807) is 0 Å². The molecule has 0 spiro atoms. The summed E-state index contributed by atoms with van der Waals surface area (Å²) in [7, 11) is 1.20. The van der Waals surface area contributed by atoms with Crippen LogP contribution < -0.4 is 5.32 Å². The molecule has 1 aliphatic rings. The molecule has 1 aliphatic carbocycles. The topological polar surface area (TPSA) is 56.2 Å². The monoisotopic (exact) mass is 377 g/mol. The molecule has 2 rings (SSSR count). The van der Waals surface area contributed by atoms with Gasteiger partial charge in [0.2, 0.25) is 5.92 Å². The van der Waals surface area contributed by atoms with Gasteiger partial charge in [0.25, 0.3) is 6.43 Å². The Hall–Kier alpha value is -2.01. The third-order valence-electron chi connectivity index (χ3n) is 3.59. The molecular formula is C13H14F7N3O2. The van der Waals surface area contributed by atoms with Crippen molar-refractivity contribution >= 4 is 11.9 Å². The van der Waals surface area contributed by atoms with Crippen LogP contribution in [-0.4, -0.2) is 41.0 Å². The second-order valence-electron chi connectivity index (χ2n) is 5.70. The van der Waals surface area contributed by atoms with Gasteiger partial charge in [-0.3, -0.25) is 10.00 Å².